The van der Waals surface area contributed by atoms with E-state index in [2.05, 4.69) is 4.98 Å². The van der Waals surface area contributed by atoms with E-state index in [4.69, 9.17) is 10.5 Å². The molecule has 2 amide bonds. The minimum absolute atomic E-state index is 0.0551. The van der Waals surface area contributed by atoms with Crippen LogP contribution in [0.15, 0.2) is 24.5 Å². The molecule has 1 aromatic heterocycles. The average molecular weight is 312 g/mol. The van der Waals surface area contributed by atoms with Crippen LogP contribution in [0.4, 0.5) is 0 Å². The van der Waals surface area contributed by atoms with Crippen molar-refractivity contribution >= 4 is 11.8 Å². The highest BCUT2D eigenvalue weighted by molar-refractivity contribution is 6.00. The van der Waals surface area contributed by atoms with Gasteiger partial charge in [-0.1, -0.05) is 0 Å². The maximum atomic E-state index is 13.0. The van der Waals surface area contributed by atoms with Crippen LogP contribution in [0, 0.1) is 0 Å². The number of imidazole rings is 1. The summed E-state index contributed by atoms with van der Waals surface area (Å²) in [4.78, 5) is 30.7. The van der Waals surface area contributed by atoms with Crippen molar-refractivity contribution in [2.75, 3.05) is 13.7 Å². The van der Waals surface area contributed by atoms with Crippen molar-refractivity contribution in [3.8, 4) is 11.4 Å². The maximum Gasteiger partial charge on any atom is 0.269 e. The first-order valence-corrected chi connectivity index (χ1v) is 7.48. The normalized spacial score (nSPS) is 18.9. The van der Waals surface area contributed by atoms with Crippen molar-refractivity contribution < 1.29 is 14.3 Å². The monoisotopic (exact) mass is 312 g/mol. The van der Waals surface area contributed by atoms with Gasteiger partial charge in [0.1, 0.15) is 12.1 Å². The van der Waals surface area contributed by atoms with Crippen LogP contribution in [-0.4, -0.2) is 39.9 Å². The lowest BCUT2D eigenvalue weighted by Crippen LogP contribution is -2.30. The molecule has 1 fully saturated rings. The molecule has 23 heavy (non-hydrogen) atoms. The molecule has 1 saturated heterocycles. The number of methoxy groups -OCH3 is 1. The molecule has 118 valence electrons. The van der Waals surface area contributed by atoms with Gasteiger partial charge in [0.05, 0.1) is 30.1 Å². The summed E-state index contributed by atoms with van der Waals surface area (Å²) in [6.45, 7) is 0.656. The van der Waals surface area contributed by atoms with E-state index >= 15 is 0 Å². The molecule has 3 heterocycles. The van der Waals surface area contributed by atoms with Gasteiger partial charge in [-0.3, -0.25) is 14.2 Å². The van der Waals surface area contributed by atoms with Gasteiger partial charge in [-0.25, -0.2) is 4.98 Å². The number of nitrogens with zero attached hydrogens (tertiary/aromatic N) is 3. The van der Waals surface area contributed by atoms with Crippen LogP contribution in [0.25, 0.3) is 5.69 Å². The number of rotatable bonds is 2. The summed E-state index contributed by atoms with van der Waals surface area (Å²) < 4.78 is 7.05. The van der Waals surface area contributed by atoms with E-state index in [1.807, 2.05) is 10.6 Å². The Hall–Kier alpha value is -2.83. The van der Waals surface area contributed by atoms with E-state index in [0.717, 1.165) is 12.8 Å². The summed E-state index contributed by atoms with van der Waals surface area (Å²) in [6, 6.07) is 5.15. The number of amides is 2. The maximum absolute atomic E-state index is 13.0. The molecular weight excluding hydrogens is 296 g/mol. The number of aromatic nitrogens is 2. The van der Waals surface area contributed by atoms with Gasteiger partial charge in [0.15, 0.2) is 5.69 Å². The summed E-state index contributed by atoms with van der Waals surface area (Å²) in [6.07, 6.45) is 3.25. The van der Waals surface area contributed by atoms with E-state index in [0.29, 0.717) is 29.2 Å². The van der Waals surface area contributed by atoms with Crippen molar-refractivity contribution in [3.05, 3.63) is 41.5 Å². The zero-order chi connectivity index (χ0) is 16.1. The van der Waals surface area contributed by atoms with Gasteiger partial charge in [-0.05, 0) is 31.0 Å². The number of primary amides is 1. The zero-order valence-corrected chi connectivity index (χ0v) is 12.7. The summed E-state index contributed by atoms with van der Waals surface area (Å²) >= 11 is 0. The van der Waals surface area contributed by atoms with E-state index in [-0.39, 0.29) is 17.6 Å². The van der Waals surface area contributed by atoms with Gasteiger partial charge in [-0.2, -0.15) is 0 Å². The largest absolute Gasteiger partial charge is 0.497 e. The first-order chi connectivity index (χ1) is 11.1. The van der Waals surface area contributed by atoms with Gasteiger partial charge in [-0.15, -0.1) is 0 Å². The summed E-state index contributed by atoms with van der Waals surface area (Å²) in [5.41, 5.74) is 7.65. The quantitative estimate of drug-likeness (QED) is 0.904. The Morgan fingerprint density at radius 3 is 3.00 bits per heavy atom. The number of nitrogens with two attached hydrogens (primary N) is 1. The van der Waals surface area contributed by atoms with Crippen molar-refractivity contribution in [2.24, 2.45) is 5.73 Å². The molecule has 1 aromatic carbocycles. The predicted molar refractivity (Wildman–Crippen MR) is 81.6 cm³/mol. The second kappa shape index (κ2) is 4.84. The number of fused-ring (bicyclic) bond motifs is 5. The fourth-order valence-corrected chi connectivity index (χ4v) is 3.53. The third-order valence-electron chi connectivity index (χ3n) is 4.56. The highest BCUT2D eigenvalue weighted by Gasteiger charge is 2.39. The molecule has 0 bridgehead atoms. The minimum atomic E-state index is -0.574. The molecule has 2 aromatic rings. The van der Waals surface area contributed by atoms with Crippen LogP contribution in [0.5, 0.6) is 5.75 Å². The van der Waals surface area contributed by atoms with E-state index in [1.165, 1.54) is 0 Å². The molecule has 7 nitrogen and oxygen atoms in total. The Bertz CT molecular complexity index is 827. The molecule has 4 rings (SSSR count). The van der Waals surface area contributed by atoms with E-state index in [9.17, 15) is 9.59 Å². The van der Waals surface area contributed by atoms with Crippen LogP contribution in [0.2, 0.25) is 0 Å². The number of carbonyl (C=O) groups excluding carboxylic acids is 2. The molecule has 2 aliphatic rings. The Balaban J connectivity index is 2.02. The second-order valence-electron chi connectivity index (χ2n) is 5.75. The van der Waals surface area contributed by atoms with Gasteiger partial charge in [0.2, 0.25) is 0 Å². The standard InChI is InChI=1S/C16H16N4O3/c1-23-9-4-5-11-10(7-9)16(22)19-6-2-3-12(19)14-13(15(17)21)18-8-20(11)14/h4-5,7-8,12H,2-3,6H2,1H3,(H2,17,21)/t12-/m0/s1. The fraction of sp³-hybridized carbons (Fsp3) is 0.312. The van der Waals surface area contributed by atoms with E-state index in [1.54, 1.807) is 30.5 Å². The predicted octanol–water partition coefficient (Wildman–Crippen LogP) is 1.27. The molecule has 2 aliphatic heterocycles. The summed E-state index contributed by atoms with van der Waals surface area (Å²) in [5.74, 6) is -0.0120. The second-order valence-corrected chi connectivity index (χ2v) is 5.75. The Kier molecular flexibility index (Phi) is 2.90. The Labute approximate surface area is 132 Å². The van der Waals surface area contributed by atoms with Crippen LogP contribution in [0.3, 0.4) is 0 Å². The lowest BCUT2D eigenvalue weighted by atomic mass is 10.1. The van der Waals surface area contributed by atoms with E-state index < -0.39 is 5.91 Å². The Morgan fingerprint density at radius 2 is 2.26 bits per heavy atom. The zero-order valence-electron chi connectivity index (χ0n) is 12.7. The van der Waals surface area contributed by atoms with Gasteiger partial charge >= 0.3 is 0 Å². The molecule has 7 heteroatoms. The van der Waals surface area contributed by atoms with Crippen molar-refractivity contribution in [3.63, 3.8) is 0 Å². The number of hydrogen-bond acceptors (Lipinski definition) is 4. The molecule has 1 atom stereocenters. The highest BCUT2D eigenvalue weighted by atomic mass is 16.5. The van der Waals surface area contributed by atoms with Crippen molar-refractivity contribution in [2.45, 2.75) is 18.9 Å². The van der Waals surface area contributed by atoms with Crippen molar-refractivity contribution in [1.82, 2.24) is 14.5 Å². The topological polar surface area (TPSA) is 90.4 Å². The minimum Gasteiger partial charge on any atom is -0.497 e. The van der Waals surface area contributed by atoms with Gasteiger partial charge < -0.3 is 15.4 Å². The lowest BCUT2D eigenvalue weighted by Gasteiger charge is -2.22. The third-order valence-corrected chi connectivity index (χ3v) is 4.56. The van der Waals surface area contributed by atoms with Crippen LogP contribution in [0.1, 0.15) is 45.4 Å². The van der Waals surface area contributed by atoms with Gasteiger partial charge in [0, 0.05) is 6.54 Å². The number of benzene rings is 1. The SMILES string of the molecule is COc1ccc2c(c1)C(=O)N1CCC[C@H]1c1c(C(N)=O)ncn1-2. The highest BCUT2D eigenvalue weighted by Crippen LogP contribution is 2.40. The molecule has 0 aliphatic carbocycles. The van der Waals surface area contributed by atoms with Crippen LogP contribution >= 0.6 is 0 Å². The molecule has 0 unspecified atom stereocenters. The molecule has 0 saturated carbocycles. The third kappa shape index (κ3) is 1.86. The molecule has 0 spiro atoms. The average Bonchev–Trinajstić information content (AvgIpc) is 3.17. The lowest BCUT2D eigenvalue weighted by molar-refractivity contribution is 0.0735. The van der Waals surface area contributed by atoms with Crippen LogP contribution in [-0.2, 0) is 0 Å². The number of carbonyl (C=O) groups is 2. The number of ether oxygens (including phenoxy) is 1. The fourth-order valence-electron chi connectivity index (χ4n) is 3.53. The summed E-state index contributed by atoms with van der Waals surface area (Å²) in [5, 5.41) is 0. The molecular formula is C16H16N4O3. The molecule has 0 radical (unpaired) electrons. The van der Waals surface area contributed by atoms with Crippen molar-refractivity contribution in [1.29, 1.82) is 0 Å². The van der Waals surface area contributed by atoms with Crippen LogP contribution < -0.4 is 10.5 Å². The van der Waals surface area contributed by atoms with Gasteiger partial charge in [0.25, 0.3) is 11.8 Å². The first kappa shape index (κ1) is 13.8. The first-order valence-electron chi connectivity index (χ1n) is 7.48. The Morgan fingerprint density at radius 1 is 1.43 bits per heavy atom. The summed E-state index contributed by atoms with van der Waals surface area (Å²) in [7, 11) is 1.56. The number of hydrogen-bond donors (Lipinski definition) is 1. The smallest absolute Gasteiger partial charge is 0.269 e. The molecule has 2 N–H and O–H groups in total.